The van der Waals surface area contributed by atoms with Gasteiger partial charge in [-0.3, -0.25) is 4.90 Å². The lowest BCUT2D eigenvalue weighted by Gasteiger charge is -2.43. The number of hydrogen-bond donors (Lipinski definition) is 1. The maximum Gasteiger partial charge on any atom is 0.0283 e. The van der Waals surface area contributed by atoms with Crippen molar-refractivity contribution in [3.8, 4) is 0 Å². The first-order valence-corrected chi connectivity index (χ1v) is 6.80. The van der Waals surface area contributed by atoms with E-state index in [-0.39, 0.29) is 5.54 Å². The van der Waals surface area contributed by atoms with Crippen LogP contribution in [-0.2, 0) is 0 Å². The minimum atomic E-state index is 0.201. The zero-order valence-corrected chi connectivity index (χ0v) is 9.75. The lowest BCUT2D eigenvalue weighted by Crippen LogP contribution is -2.56. The predicted octanol–water partition coefficient (Wildman–Crippen LogP) is 2.13. The summed E-state index contributed by atoms with van der Waals surface area (Å²) in [4.78, 5) is 2.73. The van der Waals surface area contributed by atoms with E-state index in [2.05, 4.69) is 4.90 Å². The van der Waals surface area contributed by atoms with Crippen LogP contribution >= 0.6 is 0 Å². The van der Waals surface area contributed by atoms with Gasteiger partial charge in [0.25, 0.3) is 0 Å². The predicted molar refractivity (Wildman–Crippen MR) is 62.7 cm³/mol. The van der Waals surface area contributed by atoms with Gasteiger partial charge in [-0.2, -0.15) is 0 Å². The molecule has 2 saturated carbocycles. The summed E-state index contributed by atoms with van der Waals surface area (Å²) >= 11 is 0. The minimum absolute atomic E-state index is 0.201. The molecule has 2 atom stereocenters. The molecular formula is C13H24N2. The maximum atomic E-state index is 6.36. The van der Waals surface area contributed by atoms with Crippen LogP contribution in [0.4, 0.5) is 0 Å². The first-order chi connectivity index (χ1) is 7.27. The first-order valence-electron chi connectivity index (χ1n) is 6.80. The second-order valence-corrected chi connectivity index (χ2v) is 6.09. The Hall–Kier alpha value is -0.0800. The highest BCUT2D eigenvalue weighted by Gasteiger charge is 2.41. The standard InChI is InChI=1S/C13H24N2/c14-13(7-3-8-13)10-15-9-6-11-4-1-2-5-12(11)15/h11-12H,1-10,14H2. The summed E-state index contributed by atoms with van der Waals surface area (Å²) in [5.74, 6) is 1.02. The van der Waals surface area contributed by atoms with Gasteiger partial charge < -0.3 is 5.73 Å². The largest absolute Gasteiger partial charge is 0.324 e. The van der Waals surface area contributed by atoms with E-state index < -0.39 is 0 Å². The Morgan fingerprint density at radius 2 is 1.87 bits per heavy atom. The molecule has 2 nitrogen and oxygen atoms in total. The van der Waals surface area contributed by atoms with Gasteiger partial charge in [-0.15, -0.1) is 0 Å². The van der Waals surface area contributed by atoms with Crippen LogP contribution in [0.5, 0.6) is 0 Å². The van der Waals surface area contributed by atoms with Crippen LogP contribution in [0.25, 0.3) is 0 Å². The fourth-order valence-corrected chi connectivity index (χ4v) is 3.89. The molecule has 3 aliphatic rings. The lowest BCUT2D eigenvalue weighted by molar-refractivity contribution is 0.110. The lowest BCUT2D eigenvalue weighted by atomic mass is 9.77. The van der Waals surface area contributed by atoms with Gasteiger partial charge in [-0.05, 0) is 51.0 Å². The molecule has 1 saturated heterocycles. The Bertz CT molecular complexity index is 235. The Morgan fingerprint density at radius 3 is 2.60 bits per heavy atom. The van der Waals surface area contributed by atoms with Gasteiger partial charge in [-0.1, -0.05) is 12.8 Å². The summed E-state index contributed by atoms with van der Waals surface area (Å²) < 4.78 is 0. The first kappa shape index (κ1) is 10.1. The van der Waals surface area contributed by atoms with Crippen LogP contribution in [0, 0.1) is 5.92 Å². The van der Waals surface area contributed by atoms with Gasteiger partial charge in [0, 0.05) is 18.1 Å². The van der Waals surface area contributed by atoms with Crippen LogP contribution < -0.4 is 5.73 Å². The van der Waals surface area contributed by atoms with Crippen LogP contribution in [0.2, 0.25) is 0 Å². The average molecular weight is 208 g/mol. The summed E-state index contributed by atoms with van der Waals surface area (Å²) in [6.45, 7) is 2.52. The van der Waals surface area contributed by atoms with Gasteiger partial charge in [0.1, 0.15) is 0 Å². The molecule has 2 heteroatoms. The topological polar surface area (TPSA) is 29.3 Å². The molecule has 0 bridgehead atoms. The van der Waals surface area contributed by atoms with Gasteiger partial charge in [0.2, 0.25) is 0 Å². The van der Waals surface area contributed by atoms with Crippen LogP contribution in [-0.4, -0.2) is 29.6 Å². The van der Waals surface area contributed by atoms with E-state index in [1.807, 2.05) is 0 Å². The van der Waals surface area contributed by atoms with E-state index in [0.29, 0.717) is 0 Å². The van der Waals surface area contributed by atoms with Crippen molar-refractivity contribution in [3.63, 3.8) is 0 Å². The molecule has 0 aromatic carbocycles. The third-order valence-corrected chi connectivity index (χ3v) is 4.99. The molecule has 86 valence electrons. The van der Waals surface area contributed by atoms with Crippen LogP contribution in [0.15, 0.2) is 0 Å². The van der Waals surface area contributed by atoms with Gasteiger partial charge in [0.15, 0.2) is 0 Å². The van der Waals surface area contributed by atoms with Crippen molar-refractivity contribution in [2.45, 2.75) is 62.9 Å². The van der Waals surface area contributed by atoms with Gasteiger partial charge in [-0.25, -0.2) is 0 Å². The maximum absolute atomic E-state index is 6.36. The summed E-state index contributed by atoms with van der Waals surface area (Å²) in [5, 5.41) is 0. The highest BCUT2D eigenvalue weighted by Crippen LogP contribution is 2.39. The molecule has 0 aromatic heterocycles. The Balaban J connectivity index is 1.61. The third-order valence-electron chi connectivity index (χ3n) is 4.99. The van der Waals surface area contributed by atoms with E-state index >= 15 is 0 Å². The van der Waals surface area contributed by atoms with E-state index in [9.17, 15) is 0 Å². The second kappa shape index (κ2) is 3.74. The quantitative estimate of drug-likeness (QED) is 0.753. The summed E-state index contributed by atoms with van der Waals surface area (Å²) in [5.41, 5.74) is 6.56. The normalized spacial score (nSPS) is 39.8. The number of fused-ring (bicyclic) bond motifs is 1. The van der Waals surface area contributed by atoms with Crippen molar-refractivity contribution < 1.29 is 0 Å². The highest BCUT2D eigenvalue weighted by molar-refractivity contribution is 4.99. The van der Waals surface area contributed by atoms with E-state index in [1.165, 1.54) is 64.5 Å². The SMILES string of the molecule is NC1(CN2CCC3CCCCC32)CCC1. The van der Waals surface area contributed by atoms with Crippen molar-refractivity contribution in [1.29, 1.82) is 0 Å². The summed E-state index contributed by atoms with van der Waals surface area (Å²) in [7, 11) is 0. The van der Waals surface area contributed by atoms with E-state index in [1.54, 1.807) is 0 Å². The van der Waals surface area contributed by atoms with Crippen molar-refractivity contribution in [1.82, 2.24) is 4.90 Å². The molecule has 1 heterocycles. The zero-order chi connectivity index (χ0) is 10.3. The molecule has 0 spiro atoms. The molecule has 0 amide bonds. The Morgan fingerprint density at radius 1 is 1.07 bits per heavy atom. The van der Waals surface area contributed by atoms with E-state index in [0.717, 1.165) is 12.0 Å². The molecule has 0 radical (unpaired) electrons. The fraction of sp³-hybridized carbons (Fsp3) is 1.00. The van der Waals surface area contributed by atoms with Crippen LogP contribution in [0.3, 0.4) is 0 Å². The molecule has 2 N–H and O–H groups in total. The molecule has 3 rings (SSSR count). The number of nitrogens with two attached hydrogens (primary N) is 1. The molecule has 0 aromatic rings. The number of likely N-dealkylation sites (tertiary alicyclic amines) is 1. The number of hydrogen-bond acceptors (Lipinski definition) is 2. The Labute approximate surface area is 93.2 Å². The summed E-state index contributed by atoms with van der Waals surface area (Å²) in [6.07, 6.45) is 11.2. The van der Waals surface area contributed by atoms with Crippen molar-refractivity contribution in [3.05, 3.63) is 0 Å². The minimum Gasteiger partial charge on any atom is -0.324 e. The highest BCUT2D eigenvalue weighted by atomic mass is 15.2. The zero-order valence-electron chi connectivity index (χ0n) is 9.75. The van der Waals surface area contributed by atoms with Crippen LogP contribution in [0.1, 0.15) is 51.4 Å². The second-order valence-electron chi connectivity index (χ2n) is 6.09. The molecule has 2 aliphatic carbocycles. The average Bonchev–Trinajstić information content (AvgIpc) is 2.60. The molecular weight excluding hydrogens is 184 g/mol. The summed E-state index contributed by atoms with van der Waals surface area (Å²) in [6, 6.07) is 0.903. The number of nitrogens with zero attached hydrogens (tertiary/aromatic N) is 1. The smallest absolute Gasteiger partial charge is 0.0283 e. The third kappa shape index (κ3) is 1.83. The van der Waals surface area contributed by atoms with Gasteiger partial charge in [0.05, 0.1) is 0 Å². The monoisotopic (exact) mass is 208 g/mol. The number of rotatable bonds is 2. The fourth-order valence-electron chi connectivity index (χ4n) is 3.89. The van der Waals surface area contributed by atoms with Crippen molar-refractivity contribution >= 4 is 0 Å². The molecule has 1 aliphatic heterocycles. The molecule has 15 heavy (non-hydrogen) atoms. The van der Waals surface area contributed by atoms with E-state index in [4.69, 9.17) is 5.73 Å². The Kier molecular flexibility index (Phi) is 2.52. The molecule has 3 fully saturated rings. The molecule has 2 unspecified atom stereocenters. The van der Waals surface area contributed by atoms with Crippen molar-refractivity contribution in [2.75, 3.05) is 13.1 Å². The van der Waals surface area contributed by atoms with Gasteiger partial charge >= 0.3 is 0 Å². The van der Waals surface area contributed by atoms with Crippen molar-refractivity contribution in [2.24, 2.45) is 11.7 Å².